The molecule has 0 atom stereocenters. The van der Waals surface area contributed by atoms with Crippen molar-refractivity contribution in [2.45, 2.75) is 6.54 Å². The van der Waals surface area contributed by atoms with Gasteiger partial charge in [-0.3, -0.25) is 4.79 Å². The highest BCUT2D eigenvalue weighted by Crippen LogP contribution is 2.14. The highest BCUT2D eigenvalue weighted by atomic mass is 19.1. The number of carbonyl (C=O) groups is 1. The van der Waals surface area contributed by atoms with Gasteiger partial charge < -0.3 is 9.88 Å². The molecule has 21 heavy (non-hydrogen) atoms. The number of halogens is 1. The molecule has 3 aromatic rings. The van der Waals surface area contributed by atoms with E-state index in [9.17, 15) is 9.18 Å². The number of para-hydroxylation sites is 1. The number of benzene rings is 2. The summed E-state index contributed by atoms with van der Waals surface area (Å²) in [6, 6.07) is 15.8. The van der Waals surface area contributed by atoms with Crippen molar-refractivity contribution < 1.29 is 9.18 Å². The first-order valence-corrected chi connectivity index (χ1v) is 6.82. The Kier molecular flexibility index (Phi) is 3.69. The van der Waals surface area contributed by atoms with Crippen LogP contribution in [-0.4, -0.2) is 17.0 Å². The van der Waals surface area contributed by atoms with Gasteiger partial charge in [-0.25, -0.2) is 4.39 Å². The van der Waals surface area contributed by atoms with E-state index in [1.54, 1.807) is 6.07 Å². The van der Waals surface area contributed by atoms with E-state index in [0.29, 0.717) is 18.7 Å². The number of carbonyl (C=O) groups excluding carboxylic acids is 1. The van der Waals surface area contributed by atoms with Gasteiger partial charge in [-0.05, 0) is 35.7 Å². The molecule has 1 heterocycles. The van der Waals surface area contributed by atoms with Crippen LogP contribution in [0.1, 0.15) is 10.4 Å². The maximum Gasteiger partial charge on any atom is 0.251 e. The van der Waals surface area contributed by atoms with E-state index in [0.717, 1.165) is 5.52 Å². The molecule has 0 saturated heterocycles. The van der Waals surface area contributed by atoms with Gasteiger partial charge in [-0.15, -0.1) is 0 Å². The summed E-state index contributed by atoms with van der Waals surface area (Å²) >= 11 is 0. The molecule has 0 fully saturated rings. The molecular formula is C17H15FN2O. The van der Waals surface area contributed by atoms with Crippen molar-refractivity contribution in [3.8, 4) is 0 Å². The van der Waals surface area contributed by atoms with Crippen molar-refractivity contribution in [2.75, 3.05) is 6.54 Å². The molecule has 3 nitrogen and oxygen atoms in total. The number of nitrogens with zero attached hydrogens (tertiary/aromatic N) is 1. The van der Waals surface area contributed by atoms with E-state index in [4.69, 9.17) is 0 Å². The number of hydrogen-bond acceptors (Lipinski definition) is 1. The lowest BCUT2D eigenvalue weighted by Crippen LogP contribution is -2.27. The third kappa shape index (κ3) is 2.94. The smallest absolute Gasteiger partial charge is 0.251 e. The van der Waals surface area contributed by atoms with Crippen molar-refractivity contribution >= 4 is 16.8 Å². The van der Waals surface area contributed by atoms with E-state index < -0.39 is 5.82 Å². The average Bonchev–Trinajstić information content (AvgIpc) is 2.91. The number of amides is 1. The van der Waals surface area contributed by atoms with Gasteiger partial charge in [0, 0.05) is 30.4 Å². The van der Waals surface area contributed by atoms with Gasteiger partial charge in [0.1, 0.15) is 5.82 Å². The standard InChI is InChI=1S/C17H15FN2O/c18-15-6-3-5-14(12-15)17(21)19-9-11-20-10-8-13-4-1-2-7-16(13)20/h1-8,10,12H,9,11H2,(H,19,21). The molecule has 0 aliphatic rings. The molecule has 2 aromatic carbocycles. The molecular weight excluding hydrogens is 267 g/mol. The lowest BCUT2D eigenvalue weighted by Gasteiger charge is -2.08. The Morgan fingerprint density at radius 1 is 1.10 bits per heavy atom. The largest absolute Gasteiger partial charge is 0.350 e. The summed E-state index contributed by atoms with van der Waals surface area (Å²) in [5.74, 6) is -0.662. The molecule has 0 aliphatic carbocycles. The molecule has 0 spiro atoms. The zero-order chi connectivity index (χ0) is 14.7. The quantitative estimate of drug-likeness (QED) is 0.783. The fourth-order valence-electron chi connectivity index (χ4n) is 2.36. The molecule has 0 saturated carbocycles. The SMILES string of the molecule is O=C(NCCn1ccc2ccccc21)c1cccc(F)c1. The minimum Gasteiger partial charge on any atom is -0.350 e. The van der Waals surface area contributed by atoms with Gasteiger partial charge in [-0.1, -0.05) is 24.3 Å². The predicted molar refractivity (Wildman–Crippen MR) is 80.7 cm³/mol. The highest BCUT2D eigenvalue weighted by molar-refractivity contribution is 5.94. The van der Waals surface area contributed by atoms with Crippen molar-refractivity contribution in [3.63, 3.8) is 0 Å². The Labute approximate surface area is 122 Å². The monoisotopic (exact) mass is 282 g/mol. The van der Waals surface area contributed by atoms with Crippen LogP contribution in [0.25, 0.3) is 10.9 Å². The Morgan fingerprint density at radius 3 is 2.81 bits per heavy atom. The maximum atomic E-state index is 13.1. The minimum absolute atomic E-state index is 0.258. The topological polar surface area (TPSA) is 34.0 Å². The van der Waals surface area contributed by atoms with Gasteiger partial charge in [0.25, 0.3) is 5.91 Å². The van der Waals surface area contributed by atoms with Gasteiger partial charge in [0.15, 0.2) is 0 Å². The van der Waals surface area contributed by atoms with Crippen LogP contribution in [0.4, 0.5) is 4.39 Å². The van der Waals surface area contributed by atoms with Gasteiger partial charge >= 0.3 is 0 Å². The van der Waals surface area contributed by atoms with E-state index in [1.807, 2.05) is 30.5 Å². The van der Waals surface area contributed by atoms with Crippen LogP contribution in [0.15, 0.2) is 60.8 Å². The van der Waals surface area contributed by atoms with Crippen LogP contribution in [0, 0.1) is 5.82 Å². The Balaban J connectivity index is 1.62. The number of nitrogens with one attached hydrogen (secondary N) is 1. The second kappa shape index (κ2) is 5.79. The maximum absolute atomic E-state index is 13.1. The first-order chi connectivity index (χ1) is 10.2. The molecule has 1 N–H and O–H groups in total. The number of fused-ring (bicyclic) bond motifs is 1. The average molecular weight is 282 g/mol. The van der Waals surface area contributed by atoms with E-state index >= 15 is 0 Å². The van der Waals surface area contributed by atoms with Crippen molar-refractivity contribution in [1.82, 2.24) is 9.88 Å². The van der Waals surface area contributed by atoms with E-state index in [1.165, 1.54) is 23.6 Å². The Bertz CT molecular complexity index is 779. The van der Waals surface area contributed by atoms with Gasteiger partial charge in [0.05, 0.1) is 0 Å². The van der Waals surface area contributed by atoms with Crippen molar-refractivity contribution in [3.05, 3.63) is 72.2 Å². The molecule has 106 valence electrons. The van der Waals surface area contributed by atoms with Crippen molar-refractivity contribution in [2.24, 2.45) is 0 Å². The zero-order valence-corrected chi connectivity index (χ0v) is 11.4. The van der Waals surface area contributed by atoms with Crippen molar-refractivity contribution in [1.29, 1.82) is 0 Å². The molecule has 4 heteroatoms. The first-order valence-electron chi connectivity index (χ1n) is 6.82. The number of aromatic nitrogens is 1. The molecule has 1 aromatic heterocycles. The summed E-state index contributed by atoms with van der Waals surface area (Å²) in [5, 5.41) is 3.98. The fourth-order valence-corrected chi connectivity index (χ4v) is 2.36. The lowest BCUT2D eigenvalue weighted by atomic mass is 10.2. The molecule has 1 amide bonds. The molecule has 0 unspecified atom stereocenters. The van der Waals surface area contributed by atoms with Crippen LogP contribution in [0.3, 0.4) is 0 Å². The van der Waals surface area contributed by atoms with E-state index in [-0.39, 0.29) is 5.91 Å². The molecule has 0 radical (unpaired) electrons. The van der Waals surface area contributed by atoms with E-state index in [2.05, 4.69) is 16.0 Å². The summed E-state index contributed by atoms with van der Waals surface area (Å²) in [6.07, 6.45) is 2.00. The number of hydrogen-bond donors (Lipinski definition) is 1. The third-order valence-corrected chi connectivity index (χ3v) is 3.41. The van der Waals surface area contributed by atoms with Crippen LogP contribution in [-0.2, 0) is 6.54 Å². The molecule has 3 rings (SSSR count). The fraction of sp³-hybridized carbons (Fsp3) is 0.118. The minimum atomic E-state index is -0.404. The Hall–Kier alpha value is -2.62. The van der Waals surface area contributed by atoms with Gasteiger partial charge in [-0.2, -0.15) is 0 Å². The summed E-state index contributed by atoms with van der Waals surface area (Å²) in [5.41, 5.74) is 1.48. The van der Waals surface area contributed by atoms with Crippen LogP contribution < -0.4 is 5.32 Å². The third-order valence-electron chi connectivity index (χ3n) is 3.41. The summed E-state index contributed by atoms with van der Waals surface area (Å²) in [6.45, 7) is 1.17. The van der Waals surface area contributed by atoms with Crippen LogP contribution in [0.5, 0.6) is 0 Å². The normalized spacial score (nSPS) is 10.7. The summed E-state index contributed by atoms with van der Waals surface area (Å²) in [4.78, 5) is 11.9. The van der Waals surface area contributed by atoms with Crippen LogP contribution >= 0.6 is 0 Å². The van der Waals surface area contributed by atoms with Crippen LogP contribution in [0.2, 0.25) is 0 Å². The lowest BCUT2D eigenvalue weighted by molar-refractivity contribution is 0.0952. The zero-order valence-electron chi connectivity index (χ0n) is 11.4. The van der Waals surface area contributed by atoms with Gasteiger partial charge in [0.2, 0.25) is 0 Å². The second-order valence-corrected chi connectivity index (χ2v) is 4.83. The Morgan fingerprint density at radius 2 is 1.95 bits per heavy atom. The number of rotatable bonds is 4. The summed E-state index contributed by atoms with van der Waals surface area (Å²) < 4.78 is 15.1. The highest BCUT2D eigenvalue weighted by Gasteiger charge is 2.06. The second-order valence-electron chi connectivity index (χ2n) is 4.83. The summed E-state index contributed by atoms with van der Waals surface area (Å²) in [7, 11) is 0. The molecule has 0 bridgehead atoms. The predicted octanol–water partition coefficient (Wildman–Crippen LogP) is 3.21. The molecule has 0 aliphatic heterocycles. The first kappa shape index (κ1) is 13.4.